The summed E-state index contributed by atoms with van der Waals surface area (Å²) in [5, 5.41) is 2.91. The monoisotopic (exact) mass is 402 g/mol. The van der Waals surface area contributed by atoms with Gasteiger partial charge in [-0.1, -0.05) is 24.6 Å². The summed E-state index contributed by atoms with van der Waals surface area (Å²) >= 11 is 0. The van der Waals surface area contributed by atoms with Crippen molar-refractivity contribution in [2.24, 2.45) is 0 Å². The van der Waals surface area contributed by atoms with Crippen molar-refractivity contribution in [3.63, 3.8) is 0 Å². The molecule has 28 heavy (non-hydrogen) atoms. The molecule has 1 amide bonds. The number of aryl methyl sites for hydroxylation is 1. The van der Waals surface area contributed by atoms with Gasteiger partial charge in [0.1, 0.15) is 5.75 Å². The number of piperidine rings is 1. The Morgan fingerprint density at radius 1 is 1.14 bits per heavy atom. The average molecular weight is 403 g/mol. The van der Waals surface area contributed by atoms with Crippen molar-refractivity contribution in [3.8, 4) is 5.75 Å². The minimum absolute atomic E-state index is 0.143. The third kappa shape index (κ3) is 4.54. The Labute approximate surface area is 166 Å². The smallest absolute Gasteiger partial charge is 0.243 e. The highest BCUT2D eigenvalue weighted by atomic mass is 32.2. The number of ether oxygens (including phenoxy) is 1. The van der Waals surface area contributed by atoms with Crippen LogP contribution in [0.4, 0.5) is 5.69 Å². The number of rotatable bonds is 6. The molecule has 2 aromatic carbocycles. The third-order valence-corrected chi connectivity index (χ3v) is 7.05. The fourth-order valence-electron chi connectivity index (χ4n) is 3.51. The van der Waals surface area contributed by atoms with Gasteiger partial charge in [0.05, 0.1) is 12.0 Å². The van der Waals surface area contributed by atoms with Crippen LogP contribution in [-0.4, -0.2) is 38.3 Å². The molecule has 1 atom stereocenters. The molecule has 0 aromatic heterocycles. The lowest BCUT2D eigenvalue weighted by atomic mass is 10.0. The zero-order valence-corrected chi connectivity index (χ0v) is 17.0. The predicted octanol–water partition coefficient (Wildman–Crippen LogP) is 3.58. The van der Waals surface area contributed by atoms with Crippen LogP contribution in [0.15, 0.2) is 53.4 Å². The molecule has 1 saturated heterocycles. The molecule has 1 N–H and O–H groups in total. The Hall–Kier alpha value is -2.38. The van der Waals surface area contributed by atoms with Crippen LogP contribution in [0.3, 0.4) is 0 Å². The van der Waals surface area contributed by atoms with Crippen molar-refractivity contribution in [2.45, 2.75) is 43.5 Å². The van der Waals surface area contributed by atoms with Gasteiger partial charge in [-0.3, -0.25) is 4.79 Å². The van der Waals surface area contributed by atoms with E-state index >= 15 is 0 Å². The highest BCUT2D eigenvalue weighted by molar-refractivity contribution is 7.89. The van der Waals surface area contributed by atoms with E-state index in [1.54, 1.807) is 24.3 Å². The minimum Gasteiger partial charge on any atom is -0.497 e. The Morgan fingerprint density at radius 2 is 1.86 bits per heavy atom. The fourth-order valence-corrected chi connectivity index (χ4v) is 5.20. The van der Waals surface area contributed by atoms with E-state index in [0.29, 0.717) is 18.7 Å². The molecule has 1 aliphatic heterocycles. The number of benzene rings is 2. The van der Waals surface area contributed by atoms with Crippen LogP contribution in [0.5, 0.6) is 5.75 Å². The normalized spacial score (nSPS) is 17.9. The number of para-hydroxylation sites is 1. The summed E-state index contributed by atoms with van der Waals surface area (Å²) in [7, 11) is -2.13. The third-order valence-electron chi connectivity index (χ3n) is 5.08. The first-order chi connectivity index (χ1) is 13.4. The number of hydrogen-bond acceptors (Lipinski definition) is 4. The van der Waals surface area contributed by atoms with Crippen molar-refractivity contribution in [2.75, 3.05) is 19.0 Å². The first kappa shape index (κ1) is 20.4. The minimum atomic E-state index is -3.67. The van der Waals surface area contributed by atoms with E-state index in [0.717, 1.165) is 24.1 Å². The number of methoxy groups -OCH3 is 1. The summed E-state index contributed by atoms with van der Waals surface area (Å²) in [6.07, 6.45) is 2.53. The van der Waals surface area contributed by atoms with Crippen molar-refractivity contribution >= 4 is 21.6 Å². The first-order valence-electron chi connectivity index (χ1n) is 9.43. The molecule has 150 valence electrons. The van der Waals surface area contributed by atoms with Crippen molar-refractivity contribution < 1.29 is 17.9 Å². The molecule has 0 bridgehead atoms. The van der Waals surface area contributed by atoms with E-state index in [1.165, 1.54) is 11.4 Å². The van der Waals surface area contributed by atoms with Crippen LogP contribution in [0.1, 0.15) is 31.2 Å². The van der Waals surface area contributed by atoms with Gasteiger partial charge in [0.2, 0.25) is 15.9 Å². The Bertz CT molecular complexity index is 926. The second-order valence-corrected chi connectivity index (χ2v) is 8.90. The van der Waals surface area contributed by atoms with Gasteiger partial charge in [0, 0.05) is 24.7 Å². The fraction of sp³-hybridized carbons (Fsp3) is 0.381. The Balaban J connectivity index is 1.75. The number of hydrogen-bond donors (Lipinski definition) is 1. The molecule has 0 spiro atoms. The van der Waals surface area contributed by atoms with Crippen LogP contribution in [0, 0.1) is 6.92 Å². The van der Waals surface area contributed by atoms with Gasteiger partial charge in [-0.05, 0) is 55.7 Å². The van der Waals surface area contributed by atoms with Gasteiger partial charge >= 0.3 is 0 Å². The summed E-state index contributed by atoms with van der Waals surface area (Å²) in [5.74, 6) is 0.433. The van der Waals surface area contributed by atoms with Gasteiger partial charge in [-0.2, -0.15) is 4.31 Å². The molecule has 0 saturated carbocycles. The van der Waals surface area contributed by atoms with E-state index in [2.05, 4.69) is 5.32 Å². The van der Waals surface area contributed by atoms with E-state index in [-0.39, 0.29) is 23.3 Å². The van der Waals surface area contributed by atoms with Gasteiger partial charge in [-0.15, -0.1) is 0 Å². The summed E-state index contributed by atoms with van der Waals surface area (Å²) < 4.78 is 32.9. The molecule has 0 radical (unpaired) electrons. The lowest BCUT2D eigenvalue weighted by molar-refractivity contribution is -0.117. The summed E-state index contributed by atoms with van der Waals surface area (Å²) in [5.41, 5.74) is 1.73. The molecule has 0 aliphatic carbocycles. The van der Waals surface area contributed by atoms with Crippen molar-refractivity contribution in [1.82, 2.24) is 4.31 Å². The largest absolute Gasteiger partial charge is 0.497 e. The molecule has 2 aromatic rings. The van der Waals surface area contributed by atoms with Crippen LogP contribution in [0.2, 0.25) is 0 Å². The number of amides is 1. The van der Waals surface area contributed by atoms with E-state index < -0.39 is 10.0 Å². The number of anilines is 1. The number of sulfonamides is 1. The van der Waals surface area contributed by atoms with Gasteiger partial charge in [0.25, 0.3) is 0 Å². The highest BCUT2D eigenvalue weighted by Gasteiger charge is 2.34. The highest BCUT2D eigenvalue weighted by Crippen LogP contribution is 2.28. The molecule has 1 aliphatic rings. The molecule has 7 heteroatoms. The number of nitrogens with one attached hydrogen (secondary N) is 1. The van der Waals surface area contributed by atoms with Crippen molar-refractivity contribution in [3.05, 3.63) is 54.1 Å². The van der Waals surface area contributed by atoms with Gasteiger partial charge < -0.3 is 10.1 Å². The molecule has 1 fully saturated rings. The zero-order chi connectivity index (χ0) is 20.1. The van der Waals surface area contributed by atoms with Gasteiger partial charge in [-0.25, -0.2) is 8.42 Å². The SMILES string of the molecule is COc1ccc(S(=O)(=O)N2CCCC[C@H]2CC(=O)Nc2ccccc2C)cc1. The second kappa shape index (κ2) is 8.75. The summed E-state index contributed by atoms with van der Waals surface area (Å²) in [6.45, 7) is 2.35. The van der Waals surface area contributed by atoms with E-state index in [4.69, 9.17) is 4.74 Å². The lowest BCUT2D eigenvalue weighted by Crippen LogP contribution is -2.45. The average Bonchev–Trinajstić information content (AvgIpc) is 2.70. The number of carbonyl (C=O) groups excluding carboxylic acids is 1. The molecule has 6 nitrogen and oxygen atoms in total. The molecular weight excluding hydrogens is 376 g/mol. The maximum atomic E-state index is 13.1. The number of nitrogens with zero attached hydrogens (tertiary/aromatic N) is 1. The van der Waals surface area contributed by atoms with E-state index in [9.17, 15) is 13.2 Å². The molecule has 3 rings (SSSR count). The maximum Gasteiger partial charge on any atom is 0.243 e. The second-order valence-electron chi connectivity index (χ2n) is 7.01. The molecule has 1 heterocycles. The maximum absolute atomic E-state index is 13.1. The first-order valence-corrected chi connectivity index (χ1v) is 10.9. The molecule has 0 unspecified atom stereocenters. The quantitative estimate of drug-likeness (QED) is 0.801. The van der Waals surface area contributed by atoms with Gasteiger partial charge in [0.15, 0.2) is 0 Å². The van der Waals surface area contributed by atoms with Crippen LogP contribution in [0.25, 0.3) is 0 Å². The topological polar surface area (TPSA) is 75.7 Å². The van der Waals surface area contributed by atoms with E-state index in [1.807, 2.05) is 31.2 Å². The zero-order valence-electron chi connectivity index (χ0n) is 16.2. The molecular formula is C21H26N2O4S. The standard InChI is InChI=1S/C21H26N2O4S/c1-16-7-3-4-9-20(16)22-21(24)15-17-8-5-6-14-23(17)28(25,26)19-12-10-18(27-2)11-13-19/h3-4,7,9-13,17H,5-6,8,14-15H2,1-2H3,(H,22,24)/t17-/m0/s1. The van der Waals surface area contributed by atoms with Crippen LogP contribution >= 0.6 is 0 Å². The van der Waals surface area contributed by atoms with Crippen molar-refractivity contribution in [1.29, 1.82) is 0 Å². The Morgan fingerprint density at radius 3 is 2.54 bits per heavy atom. The summed E-state index contributed by atoms with van der Waals surface area (Å²) in [6, 6.07) is 13.6. The lowest BCUT2D eigenvalue weighted by Gasteiger charge is -2.34. The van der Waals surface area contributed by atoms with Crippen LogP contribution in [-0.2, 0) is 14.8 Å². The predicted molar refractivity (Wildman–Crippen MR) is 109 cm³/mol. The Kier molecular flexibility index (Phi) is 6.36. The summed E-state index contributed by atoms with van der Waals surface area (Å²) in [4.78, 5) is 12.8. The van der Waals surface area contributed by atoms with Crippen LogP contribution < -0.4 is 10.1 Å². The number of carbonyl (C=O) groups is 1.